The van der Waals surface area contributed by atoms with E-state index < -0.39 is 10.4 Å². The highest BCUT2D eigenvalue weighted by atomic mass is 32.3. The quantitative estimate of drug-likeness (QED) is 0.0336. The Morgan fingerprint density at radius 2 is 0.688 bits per heavy atom. The molecule has 0 rings (SSSR count). The number of hydrogen-bond acceptors (Lipinski definition) is 5. The van der Waals surface area contributed by atoms with Crippen LogP contribution in [0.3, 0.4) is 0 Å². The van der Waals surface area contributed by atoms with E-state index in [9.17, 15) is 13.5 Å². The molecule has 0 bridgehead atoms. The first-order valence-corrected chi connectivity index (χ1v) is 22.6. The van der Waals surface area contributed by atoms with Gasteiger partial charge in [0, 0.05) is 6.54 Å². The molecule has 0 fully saturated rings. The zero-order valence-corrected chi connectivity index (χ0v) is 33.7. The molecule has 0 amide bonds. The van der Waals surface area contributed by atoms with E-state index in [2.05, 4.69) is 23.3 Å². The van der Waals surface area contributed by atoms with E-state index in [1.165, 1.54) is 218 Å². The predicted molar refractivity (Wildman–Crippen MR) is 210 cm³/mol. The second-order valence-electron chi connectivity index (χ2n) is 14.7. The van der Waals surface area contributed by atoms with Gasteiger partial charge in [0.15, 0.2) is 0 Å². The topological polar surface area (TPSA) is 95.9 Å². The Bertz CT molecular complexity index is 652. The molecular weight excluding hydrogens is 619 g/mol. The minimum atomic E-state index is -4.16. The maximum atomic E-state index is 9.72. The summed E-state index contributed by atoms with van der Waals surface area (Å²) in [5.74, 6) is 0.748. The highest BCUT2D eigenvalue weighted by Crippen LogP contribution is 2.20. The first kappa shape index (κ1) is 49.9. The van der Waals surface area contributed by atoms with Gasteiger partial charge in [-0.25, -0.2) is 0 Å². The molecule has 48 heavy (non-hydrogen) atoms. The van der Waals surface area contributed by atoms with Crippen LogP contribution in [0.25, 0.3) is 0 Å². The van der Waals surface area contributed by atoms with Gasteiger partial charge in [-0.1, -0.05) is 219 Å². The van der Waals surface area contributed by atoms with Crippen LogP contribution in [0.2, 0.25) is 0 Å². The molecule has 0 aliphatic heterocycles. The SMILES string of the molecule is CCCCCCCCCCCCCCCCCCC(CCCCCCCCCCCCCCCCCC)CNC(C)O.COS(=O)(=O)O. The van der Waals surface area contributed by atoms with Crippen molar-refractivity contribution in [1.82, 2.24) is 5.32 Å². The maximum Gasteiger partial charge on any atom is 0.397 e. The standard InChI is InChI=1S/C40H83NO.CH4O4S/c1-4-6-8-10-12-14-16-18-20-22-24-26-28-30-32-34-36-40(38-41-39(3)42)37-35-33-31-29-27-25-23-21-19-17-15-13-11-9-7-5-2;1-5-6(2,3)4/h39-42H,4-38H2,1-3H3;1H3,(H,2,3,4). The van der Waals surface area contributed by atoms with E-state index in [1.807, 2.05) is 6.92 Å². The lowest BCUT2D eigenvalue weighted by atomic mass is 9.93. The highest BCUT2D eigenvalue weighted by Gasteiger charge is 2.10. The summed E-state index contributed by atoms with van der Waals surface area (Å²) >= 11 is 0. The lowest BCUT2D eigenvalue weighted by Crippen LogP contribution is -2.30. The van der Waals surface area contributed by atoms with Gasteiger partial charge in [-0.05, 0) is 25.7 Å². The van der Waals surface area contributed by atoms with Gasteiger partial charge < -0.3 is 5.11 Å². The number of rotatable bonds is 38. The molecule has 0 saturated carbocycles. The molecule has 6 nitrogen and oxygen atoms in total. The summed E-state index contributed by atoms with van der Waals surface area (Å²) in [6, 6.07) is 0. The first-order chi connectivity index (χ1) is 23.3. The van der Waals surface area contributed by atoms with Crippen LogP contribution in [-0.2, 0) is 14.6 Å². The van der Waals surface area contributed by atoms with E-state index in [0.717, 1.165) is 19.6 Å². The minimum Gasteiger partial charge on any atom is -0.379 e. The third-order valence-corrected chi connectivity index (χ3v) is 10.3. The van der Waals surface area contributed by atoms with Crippen LogP contribution < -0.4 is 5.32 Å². The molecule has 0 aliphatic rings. The third-order valence-electron chi connectivity index (χ3n) is 9.84. The van der Waals surface area contributed by atoms with Gasteiger partial charge in [0.1, 0.15) is 6.23 Å². The average Bonchev–Trinajstić information content (AvgIpc) is 3.06. The van der Waals surface area contributed by atoms with E-state index in [0.29, 0.717) is 0 Å². The minimum absolute atomic E-state index is 0.371. The molecule has 3 N–H and O–H groups in total. The molecule has 1 unspecified atom stereocenters. The molecule has 0 aromatic carbocycles. The van der Waals surface area contributed by atoms with E-state index in [-0.39, 0.29) is 6.23 Å². The third kappa shape index (κ3) is 47.9. The number of aliphatic hydroxyl groups excluding tert-OH is 1. The van der Waals surface area contributed by atoms with Gasteiger partial charge in [-0.15, -0.1) is 0 Å². The summed E-state index contributed by atoms with van der Waals surface area (Å²) in [5.41, 5.74) is 0. The summed E-state index contributed by atoms with van der Waals surface area (Å²) < 4.78 is 29.7. The largest absolute Gasteiger partial charge is 0.397 e. The summed E-state index contributed by atoms with van der Waals surface area (Å²) in [5, 5.41) is 13.0. The highest BCUT2D eigenvalue weighted by molar-refractivity contribution is 7.80. The van der Waals surface area contributed by atoms with Crippen molar-refractivity contribution in [3.63, 3.8) is 0 Å². The lowest BCUT2D eigenvalue weighted by molar-refractivity contribution is 0.147. The van der Waals surface area contributed by atoms with Crippen LogP contribution in [0.5, 0.6) is 0 Å². The fourth-order valence-electron chi connectivity index (χ4n) is 6.65. The van der Waals surface area contributed by atoms with Crippen molar-refractivity contribution in [2.75, 3.05) is 13.7 Å². The Morgan fingerprint density at radius 1 is 0.479 bits per heavy atom. The fraction of sp³-hybridized carbons (Fsp3) is 1.00. The smallest absolute Gasteiger partial charge is 0.379 e. The van der Waals surface area contributed by atoms with Crippen LogP contribution in [0, 0.1) is 5.92 Å². The van der Waals surface area contributed by atoms with Crippen molar-refractivity contribution in [1.29, 1.82) is 0 Å². The molecule has 7 heteroatoms. The molecule has 0 saturated heterocycles. The second kappa shape index (κ2) is 41.2. The van der Waals surface area contributed by atoms with Crippen molar-refractivity contribution >= 4 is 10.4 Å². The number of hydrogen-bond donors (Lipinski definition) is 3. The molecular formula is C41H87NO5S. The summed E-state index contributed by atoms with van der Waals surface area (Å²) in [6.45, 7) is 7.46. The van der Waals surface area contributed by atoms with Crippen molar-refractivity contribution < 1.29 is 22.3 Å². The molecule has 0 aromatic rings. The Labute approximate surface area is 302 Å². The van der Waals surface area contributed by atoms with E-state index >= 15 is 0 Å². The number of unbranched alkanes of at least 4 members (excludes halogenated alkanes) is 30. The lowest BCUT2D eigenvalue weighted by Gasteiger charge is -2.19. The van der Waals surface area contributed by atoms with Crippen LogP contribution in [0.4, 0.5) is 0 Å². The van der Waals surface area contributed by atoms with Gasteiger partial charge in [0.25, 0.3) is 0 Å². The zero-order chi connectivity index (χ0) is 35.8. The van der Waals surface area contributed by atoms with Crippen LogP contribution >= 0.6 is 0 Å². The van der Waals surface area contributed by atoms with Gasteiger partial charge in [-0.3, -0.25) is 14.1 Å². The van der Waals surface area contributed by atoms with Crippen molar-refractivity contribution in [2.45, 2.75) is 245 Å². The van der Waals surface area contributed by atoms with Crippen molar-refractivity contribution in [3.8, 4) is 0 Å². The van der Waals surface area contributed by atoms with Crippen LogP contribution in [0.1, 0.15) is 239 Å². The summed E-state index contributed by atoms with van der Waals surface area (Å²) in [6.07, 6.45) is 48.4. The van der Waals surface area contributed by atoms with Gasteiger partial charge in [-0.2, -0.15) is 8.42 Å². The molecule has 0 heterocycles. The second-order valence-corrected chi connectivity index (χ2v) is 15.9. The Balaban J connectivity index is 0. The Kier molecular flexibility index (Phi) is 42.8. The molecule has 1 atom stereocenters. The molecule has 0 spiro atoms. The van der Waals surface area contributed by atoms with Crippen molar-refractivity contribution in [2.24, 2.45) is 5.92 Å². The average molecular weight is 706 g/mol. The number of aliphatic hydroxyl groups is 1. The Hall–Kier alpha value is -0.210. The monoisotopic (exact) mass is 706 g/mol. The molecule has 0 aromatic heterocycles. The summed E-state index contributed by atoms with van der Waals surface area (Å²) in [7, 11) is -3.29. The first-order valence-electron chi connectivity index (χ1n) is 21.2. The zero-order valence-electron chi connectivity index (χ0n) is 32.9. The summed E-state index contributed by atoms with van der Waals surface area (Å²) in [4.78, 5) is 0. The maximum absolute atomic E-state index is 9.72. The normalized spacial score (nSPS) is 12.4. The van der Waals surface area contributed by atoms with E-state index in [4.69, 9.17) is 4.55 Å². The molecule has 0 aliphatic carbocycles. The Morgan fingerprint density at radius 3 is 0.875 bits per heavy atom. The molecule has 0 radical (unpaired) electrons. The van der Waals surface area contributed by atoms with Crippen LogP contribution in [0.15, 0.2) is 0 Å². The number of nitrogens with one attached hydrogen (secondary N) is 1. The van der Waals surface area contributed by atoms with Gasteiger partial charge in [0.05, 0.1) is 7.11 Å². The van der Waals surface area contributed by atoms with Gasteiger partial charge in [0.2, 0.25) is 0 Å². The van der Waals surface area contributed by atoms with E-state index in [1.54, 1.807) is 0 Å². The fourth-order valence-corrected chi connectivity index (χ4v) is 6.65. The van der Waals surface area contributed by atoms with Crippen molar-refractivity contribution in [3.05, 3.63) is 0 Å². The molecule has 292 valence electrons. The van der Waals surface area contributed by atoms with Crippen LogP contribution in [-0.4, -0.2) is 38.0 Å². The predicted octanol–water partition coefficient (Wildman–Crippen LogP) is 13.3. The van der Waals surface area contributed by atoms with Gasteiger partial charge >= 0.3 is 10.4 Å².